The Bertz CT molecular complexity index is 456. The molecule has 3 nitrogen and oxygen atoms in total. The van der Waals surface area contributed by atoms with Crippen molar-refractivity contribution in [3.05, 3.63) is 29.8 Å². The fraction of sp³-hybridized carbons (Fsp3) is 0.500. The molecule has 0 bridgehead atoms. The monoisotopic (exact) mass is 288 g/mol. The second-order valence-electron chi connectivity index (χ2n) is 4.42. The molecule has 0 saturated heterocycles. The highest BCUT2D eigenvalue weighted by molar-refractivity contribution is 5.84. The van der Waals surface area contributed by atoms with Gasteiger partial charge in [0.2, 0.25) is 5.91 Å². The van der Waals surface area contributed by atoms with Crippen LogP contribution in [0.2, 0.25) is 0 Å². The van der Waals surface area contributed by atoms with Crippen molar-refractivity contribution < 1.29 is 18.0 Å². The van der Waals surface area contributed by atoms with Gasteiger partial charge in [-0.1, -0.05) is 12.1 Å². The Morgan fingerprint density at radius 3 is 2.30 bits per heavy atom. The number of alkyl halides is 3. The summed E-state index contributed by atoms with van der Waals surface area (Å²) in [5.74, 6) is -0.216. The van der Waals surface area contributed by atoms with Crippen molar-refractivity contribution in [1.82, 2.24) is 4.90 Å². The third kappa shape index (κ3) is 3.88. The Hall–Kier alpha value is -1.72. The molecule has 1 aromatic rings. The van der Waals surface area contributed by atoms with Crippen molar-refractivity contribution >= 4 is 11.6 Å². The van der Waals surface area contributed by atoms with Gasteiger partial charge in [-0.05, 0) is 32.9 Å². The lowest BCUT2D eigenvalue weighted by Gasteiger charge is -2.25. The first kappa shape index (κ1) is 16.3. The van der Waals surface area contributed by atoms with Crippen LogP contribution in [0.4, 0.5) is 18.9 Å². The molecule has 1 amide bonds. The number of para-hydroxylation sites is 1. The van der Waals surface area contributed by atoms with E-state index in [-0.39, 0.29) is 11.6 Å². The van der Waals surface area contributed by atoms with E-state index in [4.69, 9.17) is 0 Å². The average molecular weight is 288 g/mol. The highest BCUT2D eigenvalue weighted by atomic mass is 19.4. The van der Waals surface area contributed by atoms with Gasteiger partial charge in [0, 0.05) is 18.8 Å². The van der Waals surface area contributed by atoms with E-state index >= 15 is 0 Å². The second-order valence-corrected chi connectivity index (χ2v) is 4.42. The van der Waals surface area contributed by atoms with Gasteiger partial charge in [-0.25, -0.2) is 0 Å². The number of amides is 1. The number of carbonyl (C=O) groups is 1. The van der Waals surface area contributed by atoms with Crippen LogP contribution < -0.4 is 5.32 Å². The van der Waals surface area contributed by atoms with Crippen molar-refractivity contribution in [1.29, 1.82) is 0 Å². The summed E-state index contributed by atoms with van der Waals surface area (Å²) in [5, 5.41) is 2.65. The van der Waals surface area contributed by atoms with Crippen LogP contribution in [0.15, 0.2) is 24.3 Å². The lowest BCUT2D eigenvalue weighted by atomic mass is 10.1. The predicted molar refractivity (Wildman–Crippen MR) is 72.5 cm³/mol. The molecule has 0 fully saturated rings. The smallest absolute Gasteiger partial charge is 0.373 e. The molecule has 20 heavy (non-hydrogen) atoms. The molecule has 0 saturated carbocycles. The van der Waals surface area contributed by atoms with Gasteiger partial charge in [0.15, 0.2) is 0 Å². The van der Waals surface area contributed by atoms with E-state index in [0.29, 0.717) is 13.1 Å². The van der Waals surface area contributed by atoms with Gasteiger partial charge >= 0.3 is 6.18 Å². The molecule has 0 aliphatic heterocycles. The maximum atomic E-state index is 12.9. The van der Waals surface area contributed by atoms with Crippen LogP contribution >= 0.6 is 0 Å². The Morgan fingerprint density at radius 1 is 1.25 bits per heavy atom. The molecule has 1 N–H and O–H groups in total. The number of nitrogens with one attached hydrogen (secondary N) is 1. The predicted octanol–water partition coefficient (Wildman–Crippen LogP) is 3.37. The highest BCUT2D eigenvalue weighted by Crippen LogP contribution is 2.34. The molecule has 1 atom stereocenters. The summed E-state index contributed by atoms with van der Waals surface area (Å²) in [4.78, 5) is 13.6. The SMILES string of the molecule is CCN(CC)C(=O)C(C)Nc1ccccc1C(F)(F)F. The Kier molecular flexibility index (Phi) is 5.42. The standard InChI is InChI=1S/C14H19F3N2O/c1-4-19(5-2)13(20)10(3)18-12-9-7-6-8-11(12)14(15,16)17/h6-10,18H,4-5H2,1-3H3. The van der Waals surface area contributed by atoms with Crippen LogP contribution in [-0.4, -0.2) is 29.9 Å². The number of rotatable bonds is 5. The molecule has 112 valence electrons. The van der Waals surface area contributed by atoms with Crippen LogP contribution in [0.1, 0.15) is 26.3 Å². The van der Waals surface area contributed by atoms with Gasteiger partial charge in [0.05, 0.1) is 5.56 Å². The van der Waals surface area contributed by atoms with E-state index in [1.165, 1.54) is 18.2 Å². The molecule has 1 aromatic carbocycles. The molecule has 0 radical (unpaired) electrons. The van der Waals surface area contributed by atoms with Gasteiger partial charge in [0.25, 0.3) is 0 Å². The Labute approximate surface area is 116 Å². The number of halogens is 3. The molecule has 1 rings (SSSR count). The van der Waals surface area contributed by atoms with E-state index < -0.39 is 17.8 Å². The zero-order valence-electron chi connectivity index (χ0n) is 11.8. The van der Waals surface area contributed by atoms with Crippen molar-refractivity contribution in [2.75, 3.05) is 18.4 Å². The molecule has 0 heterocycles. The minimum Gasteiger partial charge on any atom is -0.373 e. The van der Waals surface area contributed by atoms with Gasteiger partial charge < -0.3 is 10.2 Å². The zero-order chi connectivity index (χ0) is 15.3. The van der Waals surface area contributed by atoms with E-state index in [1.54, 1.807) is 11.8 Å². The largest absolute Gasteiger partial charge is 0.418 e. The number of likely N-dealkylation sites (N-methyl/N-ethyl adjacent to an activating group) is 1. The number of hydrogen-bond acceptors (Lipinski definition) is 2. The van der Waals surface area contributed by atoms with E-state index in [1.807, 2.05) is 13.8 Å². The van der Waals surface area contributed by atoms with Gasteiger partial charge in [0.1, 0.15) is 6.04 Å². The first-order valence-electron chi connectivity index (χ1n) is 6.52. The highest BCUT2D eigenvalue weighted by Gasteiger charge is 2.33. The Morgan fingerprint density at radius 2 is 1.80 bits per heavy atom. The summed E-state index contributed by atoms with van der Waals surface area (Å²) < 4.78 is 38.6. The molecule has 0 aliphatic rings. The quantitative estimate of drug-likeness (QED) is 0.901. The minimum absolute atomic E-state index is 0.0759. The van der Waals surface area contributed by atoms with E-state index in [2.05, 4.69) is 5.32 Å². The van der Waals surface area contributed by atoms with Crippen molar-refractivity contribution in [2.45, 2.75) is 33.0 Å². The average Bonchev–Trinajstić information content (AvgIpc) is 2.39. The topological polar surface area (TPSA) is 32.3 Å². The van der Waals surface area contributed by atoms with Gasteiger partial charge in [-0.3, -0.25) is 4.79 Å². The lowest BCUT2D eigenvalue weighted by Crippen LogP contribution is -2.41. The molecular formula is C14H19F3N2O. The third-order valence-corrected chi connectivity index (χ3v) is 3.05. The summed E-state index contributed by atoms with van der Waals surface area (Å²) in [7, 11) is 0. The van der Waals surface area contributed by atoms with Crippen LogP contribution in [0.5, 0.6) is 0 Å². The molecular weight excluding hydrogens is 269 g/mol. The number of anilines is 1. The van der Waals surface area contributed by atoms with E-state index in [0.717, 1.165) is 6.07 Å². The van der Waals surface area contributed by atoms with Crippen LogP contribution in [0, 0.1) is 0 Å². The molecule has 6 heteroatoms. The molecule has 0 aliphatic carbocycles. The van der Waals surface area contributed by atoms with Crippen LogP contribution in [-0.2, 0) is 11.0 Å². The normalized spacial score (nSPS) is 12.9. The van der Waals surface area contributed by atoms with Crippen LogP contribution in [0.3, 0.4) is 0 Å². The molecule has 0 spiro atoms. The number of carbonyl (C=O) groups excluding carboxylic acids is 1. The van der Waals surface area contributed by atoms with Crippen LogP contribution in [0.25, 0.3) is 0 Å². The number of hydrogen-bond donors (Lipinski definition) is 1. The first-order chi connectivity index (χ1) is 9.31. The zero-order valence-corrected chi connectivity index (χ0v) is 11.8. The summed E-state index contributed by atoms with van der Waals surface area (Å²) in [5.41, 5.74) is -0.841. The summed E-state index contributed by atoms with van der Waals surface area (Å²) >= 11 is 0. The van der Waals surface area contributed by atoms with Crippen molar-refractivity contribution in [3.63, 3.8) is 0 Å². The summed E-state index contributed by atoms with van der Waals surface area (Å²) in [6, 6.07) is 4.45. The minimum atomic E-state index is -4.44. The fourth-order valence-electron chi connectivity index (χ4n) is 1.96. The van der Waals surface area contributed by atoms with Gasteiger partial charge in [-0.2, -0.15) is 13.2 Å². The first-order valence-corrected chi connectivity index (χ1v) is 6.52. The van der Waals surface area contributed by atoms with Gasteiger partial charge in [-0.15, -0.1) is 0 Å². The van der Waals surface area contributed by atoms with Crippen molar-refractivity contribution in [3.8, 4) is 0 Å². The Balaban J connectivity index is 2.91. The second kappa shape index (κ2) is 6.63. The summed E-state index contributed by atoms with van der Waals surface area (Å²) in [6.07, 6.45) is -4.44. The number of benzene rings is 1. The maximum absolute atomic E-state index is 12.9. The fourth-order valence-corrected chi connectivity index (χ4v) is 1.96. The van der Waals surface area contributed by atoms with Crippen molar-refractivity contribution in [2.24, 2.45) is 0 Å². The number of nitrogens with zero attached hydrogens (tertiary/aromatic N) is 1. The maximum Gasteiger partial charge on any atom is 0.418 e. The lowest BCUT2D eigenvalue weighted by molar-refractivity contribution is -0.137. The molecule has 0 aromatic heterocycles. The third-order valence-electron chi connectivity index (χ3n) is 3.05. The molecule has 1 unspecified atom stereocenters. The summed E-state index contributed by atoms with van der Waals surface area (Å²) in [6.45, 7) is 6.29. The van der Waals surface area contributed by atoms with E-state index in [9.17, 15) is 18.0 Å².